The number of carbonyl (C=O) groups is 5. The molecule has 3 rings (SSSR count). The smallest absolute Gasteiger partial charge is 0.289 e. The Morgan fingerprint density at radius 1 is 1.21 bits per heavy atom. The number of pyridine rings is 1. The Morgan fingerprint density at radius 3 is 2.58 bits per heavy atom. The van der Waals surface area contributed by atoms with Gasteiger partial charge in [0, 0.05) is 32.1 Å². The summed E-state index contributed by atoms with van der Waals surface area (Å²) in [4.78, 5) is 78.9. The van der Waals surface area contributed by atoms with Crippen molar-refractivity contribution in [2.45, 2.75) is 51.6 Å². The van der Waals surface area contributed by atoms with Gasteiger partial charge in [0.15, 0.2) is 6.39 Å². The number of hydrogen-bond acceptors (Lipinski definition) is 8. The molecule has 38 heavy (non-hydrogen) atoms. The van der Waals surface area contributed by atoms with E-state index in [1.165, 1.54) is 25.4 Å². The normalized spacial score (nSPS) is 17.9. The Bertz CT molecular complexity index is 1250. The maximum absolute atomic E-state index is 13.4. The largest absolute Gasteiger partial charge is 0.438 e. The topological polar surface area (TPSA) is 181 Å². The summed E-state index contributed by atoms with van der Waals surface area (Å²) in [6.45, 7) is 4.34. The third-order valence-corrected chi connectivity index (χ3v) is 6.74. The van der Waals surface area contributed by atoms with Gasteiger partial charge >= 0.3 is 0 Å². The fourth-order valence-corrected chi connectivity index (χ4v) is 4.15. The predicted octanol–water partition coefficient (Wildman–Crippen LogP) is 0.221. The van der Waals surface area contributed by atoms with Crippen LogP contribution in [0.2, 0.25) is 0 Å². The molecule has 13 nitrogen and oxygen atoms in total. The zero-order valence-corrected chi connectivity index (χ0v) is 21.5. The molecule has 2 aromatic heterocycles. The second-order valence-corrected chi connectivity index (χ2v) is 9.19. The molecule has 0 saturated heterocycles. The van der Waals surface area contributed by atoms with Gasteiger partial charge in [-0.1, -0.05) is 26.7 Å². The van der Waals surface area contributed by atoms with Gasteiger partial charge in [-0.25, -0.2) is 4.98 Å². The molecule has 0 bridgehead atoms. The SMILES string of the molecule is CCC(CC)CNC(=O)Cn1cccc(NC(=O)C2(NC(=O)c3cnco3)C[C@H]2CC(=O)C(=O)NC)c1=O. The molecule has 2 aromatic rings. The summed E-state index contributed by atoms with van der Waals surface area (Å²) in [7, 11) is 1.31. The number of nitrogens with zero attached hydrogens (tertiary/aromatic N) is 2. The summed E-state index contributed by atoms with van der Waals surface area (Å²) in [5.41, 5.74) is -2.29. The number of Topliss-reactive ketones (excluding diaryl/α,β-unsaturated/α-hetero) is 1. The molecule has 2 atom stereocenters. The van der Waals surface area contributed by atoms with E-state index in [9.17, 15) is 28.8 Å². The standard InChI is InChI=1S/C25H32N6O7/c1-4-15(5-2)11-28-20(33)13-31-8-6-7-17(23(31)36)29-24(37)25(30-22(35)19-12-27-14-38-19)10-16(25)9-18(32)21(34)26-3/h6-8,12,14-16H,4-5,9-11,13H2,1-3H3,(H,26,34)(H,28,33)(H,29,37)(H,30,35)/t16-,25?/m1/s1. The van der Waals surface area contributed by atoms with Crippen molar-refractivity contribution in [2.24, 2.45) is 11.8 Å². The molecule has 4 amide bonds. The summed E-state index contributed by atoms with van der Waals surface area (Å²) < 4.78 is 6.15. The lowest BCUT2D eigenvalue weighted by atomic mass is 10.0. The van der Waals surface area contributed by atoms with Gasteiger partial charge < -0.3 is 30.3 Å². The second-order valence-electron chi connectivity index (χ2n) is 9.19. The molecule has 0 aliphatic heterocycles. The number of rotatable bonds is 13. The lowest BCUT2D eigenvalue weighted by molar-refractivity contribution is -0.137. The molecule has 1 aliphatic carbocycles. The highest BCUT2D eigenvalue weighted by atomic mass is 16.3. The van der Waals surface area contributed by atoms with E-state index in [0.717, 1.165) is 30.0 Å². The van der Waals surface area contributed by atoms with E-state index < -0.39 is 40.5 Å². The van der Waals surface area contributed by atoms with E-state index in [0.29, 0.717) is 12.5 Å². The number of carbonyl (C=O) groups excluding carboxylic acids is 5. The van der Waals surface area contributed by atoms with Crippen LogP contribution in [0.25, 0.3) is 0 Å². The van der Waals surface area contributed by atoms with Crippen LogP contribution < -0.4 is 26.8 Å². The van der Waals surface area contributed by atoms with Crippen molar-refractivity contribution in [2.75, 3.05) is 18.9 Å². The Labute approximate surface area is 218 Å². The number of anilines is 1. The Balaban J connectivity index is 1.75. The molecular formula is C25H32N6O7. The molecule has 1 aliphatic rings. The third kappa shape index (κ3) is 6.52. The zero-order chi connectivity index (χ0) is 27.9. The van der Waals surface area contributed by atoms with Crippen LogP contribution in [-0.4, -0.2) is 58.1 Å². The van der Waals surface area contributed by atoms with Crippen LogP contribution in [0.15, 0.2) is 40.1 Å². The van der Waals surface area contributed by atoms with E-state index >= 15 is 0 Å². The van der Waals surface area contributed by atoms with E-state index in [2.05, 4.69) is 26.3 Å². The molecule has 13 heteroatoms. The average Bonchev–Trinajstić information content (AvgIpc) is 3.31. The van der Waals surface area contributed by atoms with E-state index in [-0.39, 0.29) is 36.7 Å². The second kappa shape index (κ2) is 12.3. The Hall–Kier alpha value is -4.29. The van der Waals surface area contributed by atoms with Gasteiger partial charge in [0.2, 0.25) is 17.5 Å². The average molecular weight is 529 g/mol. The third-order valence-electron chi connectivity index (χ3n) is 6.74. The van der Waals surface area contributed by atoms with Crippen molar-refractivity contribution in [1.82, 2.24) is 25.5 Å². The van der Waals surface area contributed by atoms with Crippen molar-refractivity contribution in [3.8, 4) is 0 Å². The molecule has 0 aromatic carbocycles. The number of oxazole rings is 1. The molecule has 2 heterocycles. The molecule has 1 unspecified atom stereocenters. The van der Waals surface area contributed by atoms with Gasteiger partial charge in [0.05, 0.1) is 6.20 Å². The highest BCUT2D eigenvalue weighted by molar-refractivity contribution is 6.36. The fraction of sp³-hybridized carbons (Fsp3) is 0.480. The quantitative estimate of drug-likeness (QED) is 0.266. The first-order valence-corrected chi connectivity index (χ1v) is 12.4. The highest BCUT2D eigenvalue weighted by Gasteiger charge is 2.62. The van der Waals surface area contributed by atoms with Gasteiger partial charge in [0.1, 0.15) is 17.8 Å². The van der Waals surface area contributed by atoms with E-state index in [1.54, 1.807) is 0 Å². The number of amides is 4. The summed E-state index contributed by atoms with van der Waals surface area (Å²) in [6.07, 6.45) is 5.25. The Kier molecular flexibility index (Phi) is 9.16. The minimum Gasteiger partial charge on any atom is -0.438 e. The summed E-state index contributed by atoms with van der Waals surface area (Å²) in [6, 6.07) is 2.88. The summed E-state index contributed by atoms with van der Waals surface area (Å²) >= 11 is 0. The highest BCUT2D eigenvalue weighted by Crippen LogP contribution is 2.47. The molecule has 0 radical (unpaired) electrons. The van der Waals surface area contributed by atoms with Gasteiger partial charge in [-0.15, -0.1) is 0 Å². The maximum Gasteiger partial charge on any atom is 0.289 e. The van der Waals surface area contributed by atoms with E-state index in [1.807, 2.05) is 13.8 Å². The molecule has 1 fully saturated rings. The van der Waals surface area contributed by atoms with Crippen molar-refractivity contribution in [1.29, 1.82) is 0 Å². The first-order chi connectivity index (χ1) is 18.1. The van der Waals surface area contributed by atoms with Gasteiger partial charge in [0.25, 0.3) is 23.3 Å². The Morgan fingerprint density at radius 2 is 1.95 bits per heavy atom. The minimum atomic E-state index is -1.56. The number of likely N-dealkylation sites (N-methyl/N-ethyl adjacent to an activating group) is 1. The number of aromatic nitrogens is 2. The van der Waals surface area contributed by atoms with Crippen LogP contribution in [0.3, 0.4) is 0 Å². The van der Waals surface area contributed by atoms with Crippen molar-refractivity contribution >= 4 is 35.1 Å². The number of ketones is 1. The van der Waals surface area contributed by atoms with Gasteiger partial charge in [-0.2, -0.15) is 0 Å². The van der Waals surface area contributed by atoms with E-state index in [4.69, 9.17) is 4.42 Å². The summed E-state index contributed by atoms with van der Waals surface area (Å²) in [5, 5.41) is 10.1. The zero-order valence-electron chi connectivity index (χ0n) is 21.5. The summed E-state index contributed by atoms with van der Waals surface area (Å²) in [5.74, 6) is -3.90. The predicted molar refractivity (Wildman–Crippen MR) is 135 cm³/mol. The first-order valence-electron chi connectivity index (χ1n) is 12.4. The number of hydrogen-bond donors (Lipinski definition) is 4. The van der Waals surface area contributed by atoms with Crippen molar-refractivity contribution in [3.05, 3.63) is 47.0 Å². The van der Waals surface area contributed by atoms with Crippen LogP contribution >= 0.6 is 0 Å². The maximum atomic E-state index is 13.4. The van der Waals surface area contributed by atoms with Crippen LogP contribution in [0.1, 0.15) is 50.1 Å². The van der Waals surface area contributed by atoms with Crippen molar-refractivity contribution < 1.29 is 28.4 Å². The fourth-order valence-electron chi connectivity index (χ4n) is 4.15. The monoisotopic (exact) mass is 528 g/mol. The number of nitrogens with one attached hydrogen (secondary N) is 4. The van der Waals surface area contributed by atoms with Crippen LogP contribution in [0, 0.1) is 11.8 Å². The van der Waals surface area contributed by atoms with Crippen LogP contribution in [0.5, 0.6) is 0 Å². The lowest BCUT2D eigenvalue weighted by Crippen LogP contribution is -2.49. The molecule has 0 spiro atoms. The molecule has 1 saturated carbocycles. The van der Waals surface area contributed by atoms with Gasteiger partial charge in [-0.05, 0) is 24.5 Å². The molecule has 204 valence electrons. The first kappa shape index (κ1) is 28.3. The minimum absolute atomic E-state index is 0.0564. The molecule has 4 N–H and O–H groups in total. The van der Waals surface area contributed by atoms with Crippen LogP contribution in [-0.2, 0) is 25.7 Å². The van der Waals surface area contributed by atoms with Gasteiger partial charge in [-0.3, -0.25) is 28.8 Å². The molecular weight excluding hydrogens is 496 g/mol. The van der Waals surface area contributed by atoms with Crippen molar-refractivity contribution in [3.63, 3.8) is 0 Å². The lowest BCUT2D eigenvalue weighted by Gasteiger charge is -2.19. The van der Waals surface area contributed by atoms with Crippen LogP contribution in [0.4, 0.5) is 5.69 Å².